The fraction of sp³-hybridized carbons (Fsp3) is 0.800. The first-order valence-electron chi connectivity index (χ1n) is 2.78. The van der Waals surface area contributed by atoms with E-state index in [1.807, 2.05) is 13.8 Å². The van der Waals surface area contributed by atoms with Crippen molar-refractivity contribution in [3.8, 4) is 0 Å². The summed E-state index contributed by atoms with van der Waals surface area (Å²) in [6.45, 7) is 4.91. The highest BCUT2D eigenvalue weighted by atomic mass is 15.1. The molecule has 0 unspecified atom stereocenters. The lowest BCUT2D eigenvalue weighted by atomic mass is 10.5. The van der Waals surface area contributed by atoms with Gasteiger partial charge in [-0.3, -0.25) is 10.3 Å². The Morgan fingerprint density at radius 3 is 2.88 bits per heavy atom. The van der Waals surface area contributed by atoms with Crippen molar-refractivity contribution in [1.82, 2.24) is 5.32 Å². The predicted octanol–water partition coefficient (Wildman–Crippen LogP) is -0.0711. The van der Waals surface area contributed by atoms with Crippen molar-refractivity contribution in [2.45, 2.75) is 20.0 Å². The lowest BCUT2D eigenvalue weighted by Gasteiger charge is -2.03. The first kappa shape index (κ1) is 7.43. The minimum absolute atomic E-state index is 0.157. The lowest BCUT2D eigenvalue weighted by molar-refractivity contribution is 0.593. The second-order valence-corrected chi connectivity index (χ2v) is 1.53. The van der Waals surface area contributed by atoms with Crippen molar-refractivity contribution in [3.63, 3.8) is 0 Å². The number of aliphatic imine (C=N–C) groups is 1. The van der Waals surface area contributed by atoms with Crippen molar-refractivity contribution in [2.24, 2.45) is 10.7 Å². The number of rotatable bonds is 3. The number of nitrogens with zero attached hydrogens (tertiary/aromatic N) is 1. The summed E-state index contributed by atoms with van der Waals surface area (Å²) < 4.78 is 0. The molecule has 0 heterocycles. The molecule has 8 heavy (non-hydrogen) atoms. The Balaban J connectivity index is 3.17. The molecule has 0 amide bonds. The molecule has 0 spiro atoms. The van der Waals surface area contributed by atoms with Crippen LogP contribution in [0.1, 0.15) is 13.8 Å². The van der Waals surface area contributed by atoms with Crippen LogP contribution >= 0.6 is 0 Å². The summed E-state index contributed by atoms with van der Waals surface area (Å²) in [7, 11) is 0. The summed E-state index contributed by atoms with van der Waals surface area (Å²) in [4.78, 5) is 3.86. The number of nitrogens with two attached hydrogens (primary N) is 1. The molecule has 0 saturated heterocycles. The number of hydrogen-bond donors (Lipinski definition) is 2. The van der Waals surface area contributed by atoms with Gasteiger partial charge < -0.3 is 5.73 Å². The fourth-order valence-corrected chi connectivity index (χ4v) is 0.477. The molecule has 0 fully saturated rings. The zero-order chi connectivity index (χ0) is 6.41. The van der Waals surface area contributed by atoms with Crippen molar-refractivity contribution in [1.29, 1.82) is 0 Å². The zero-order valence-corrected chi connectivity index (χ0v) is 5.39. The molecule has 0 aromatic rings. The summed E-state index contributed by atoms with van der Waals surface area (Å²) in [5.41, 5.74) is 5.03. The maximum atomic E-state index is 5.03. The average Bonchev–Trinajstić information content (AvgIpc) is 1.68. The first-order valence-corrected chi connectivity index (χ1v) is 2.78. The molecular formula is C5H13N3. The van der Waals surface area contributed by atoms with Crippen molar-refractivity contribution >= 4 is 6.34 Å². The van der Waals surface area contributed by atoms with Crippen molar-refractivity contribution < 1.29 is 0 Å². The molecule has 0 bridgehead atoms. The van der Waals surface area contributed by atoms with E-state index in [9.17, 15) is 0 Å². The van der Waals surface area contributed by atoms with E-state index in [-0.39, 0.29) is 6.17 Å². The van der Waals surface area contributed by atoms with Crippen LogP contribution in [0.5, 0.6) is 0 Å². The van der Waals surface area contributed by atoms with Crippen LogP contribution in [0.3, 0.4) is 0 Å². The van der Waals surface area contributed by atoms with Crippen molar-refractivity contribution in [3.05, 3.63) is 0 Å². The van der Waals surface area contributed by atoms with Gasteiger partial charge in [0.2, 0.25) is 0 Å². The minimum Gasteiger partial charge on any atom is -0.390 e. The smallest absolute Gasteiger partial charge is 0.0982 e. The lowest BCUT2D eigenvalue weighted by Crippen LogP contribution is -2.23. The van der Waals surface area contributed by atoms with Gasteiger partial charge in [0.1, 0.15) is 0 Å². The normalized spacial score (nSPS) is 14.8. The highest BCUT2D eigenvalue weighted by Crippen LogP contribution is 1.77. The summed E-state index contributed by atoms with van der Waals surface area (Å²) in [6, 6.07) is 0. The van der Waals surface area contributed by atoms with E-state index in [0.717, 1.165) is 6.54 Å². The van der Waals surface area contributed by atoms with Gasteiger partial charge in [-0.05, 0) is 13.5 Å². The predicted molar refractivity (Wildman–Crippen MR) is 35.8 cm³/mol. The quantitative estimate of drug-likeness (QED) is 0.399. The third kappa shape index (κ3) is 3.61. The standard InChI is InChI=1S/C5H13N3/c1-3-7-5(2)8-4-6/h4-5,7H,3H2,1-2H3,(H2,6,8)/t5-/m1/s1. The Morgan fingerprint density at radius 1 is 1.88 bits per heavy atom. The van der Waals surface area contributed by atoms with E-state index in [0.29, 0.717) is 0 Å². The molecule has 0 aromatic heterocycles. The summed E-state index contributed by atoms with van der Waals surface area (Å²) in [5, 5.41) is 3.07. The second kappa shape index (κ2) is 4.59. The molecule has 3 nitrogen and oxygen atoms in total. The van der Waals surface area contributed by atoms with E-state index in [2.05, 4.69) is 10.3 Å². The molecule has 1 atom stereocenters. The highest BCUT2D eigenvalue weighted by molar-refractivity contribution is 5.51. The summed E-state index contributed by atoms with van der Waals surface area (Å²) in [5.74, 6) is 0. The SMILES string of the molecule is CCN[C@@H](C)/N=C\N. The minimum atomic E-state index is 0.157. The largest absolute Gasteiger partial charge is 0.390 e. The summed E-state index contributed by atoms with van der Waals surface area (Å²) >= 11 is 0. The molecule has 0 aliphatic heterocycles. The molecule has 0 aliphatic rings. The number of hydrogen-bond acceptors (Lipinski definition) is 2. The Bertz CT molecular complexity index is 70.1. The van der Waals surface area contributed by atoms with Gasteiger partial charge in [-0.1, -0.05) is 6.92 Å². The molecule has 3 heteroatoms. The van der Waals surface area contributed by atoms with Crippen LogP contribution in [0.4, 0.5) is 0 Å². The number of nitrogens with one attached hydrogen (secondary N) is 1. The molecule has 0 saturated carbocycles. The Kier molecular flexibility index (Phi) is 4.26. The molecular weight excluding hydrogens is 102 g/mol. The van der Waals surface area contributed by atoms with Crippen LogP contribution in [-0.2, 0) is 0 Å². The highest BCUT2D eigenvalue weighted by Gasteiger charge is 1.88. The second-order valence-electron chi connectivity index (χ2n) is 1.53. The van der Waals surface area contributed by atoms with E-state index >= 15 is 0 Å². The Labute approximate surface area is 50.0 Å². The van der Waals surface area contributed by atoms with E-state index in [1.54, 1.807) is 0 Å². The molecule has 0 aliphatic carbocycles. The molecule has 3 N–H and O–H groups in total. The van der Waals surface area contributed by atoms with E-state index < -0.39 is 0 Å². The molecule has 0 rings (SSSR count). The van der Waals surface area contributed by atoms with Gasteiger partial charge in [0.15, 0.2) is 0 Å². The fourth-order valence-electron chi connectivity index (χ4n) is 0.477. The van der Waals surface area contributed by atoms with Gasteiger partial charge in [-0.15, -0.1) is 0 Å². The van der Waals surface area contributed by atoms with Gasteiger partial charge in [0.25, 0.3) is 0 Å². The van der Waals surface area contributed by atoms with Crippen LogP contribution in [0.25, 0.3) is 0 Å². The van der Waals surface area contributed by atoms with Gasteiger partial charge in [-0.25, -0.2) is 0 Å². The average molecular weight is 115 g/mol. The third-order valence-corrected chi connectivity index (χ3v) is 0.809. The Morgan fingerprint density at radius 2 is 2.50 bits per heavy atom. The van der Waals surface area contributed by atoms with Crippen LogP contribution < -0.4 is 11.1 Å². The maximum Gasteiger partial charge on any atom is 0.0982 e. The van der Waals surface area contributed by atoms with E-state index in [4.69, 9.17) is 5.73 Å². The Hall–Kier alpha value is -0.570. The van der Waals surface area contributed by atoms with Gasteiger partial charge in [0, 0.05) is 0 Å². The van der Waals surface area contributed by atoms with Gasteiger partial charge in [-0.2, -0.15) is 0 Å². The monoisotopic (exact) mass is 115 g/mol. The van der Waals surface area contributed by atoms with Crippen LogP contribution in [0, 0.1) is 0 Å². The maximum absolute atomic E-state index is 5.03. The molecule has 0 radical (unpaired) electrons. The summed E-state index contributed by atoms with van der Waals surface area (Å²) in [6.07, 6.45) is 1.47. The van der Waals surface area contributed by atoms with Gasteiger partial charge >= 0.3 is 0 Å². The first-order chi connectivity index (χ1) is 3.81. The van der Waals surface area contributed by atoms with Crippen LogP contribution in [0.15, 0.2) is 4.99 Å². The third-order valence-electron chi connectivity index (χ3n) is 0.809. The van der Waals surface area contributed by atoms with Crippen LogP contribution in [0.2, 0.25) is 0 Å². The molecule has 0 aromatic carbocycles. The van der Waals surface area contributed by atoms with Crippen LogP contribution in [-0.4, -0.2) is 19.0 Å². The topological polar surface area (TPSA) is 50.4 Å². The molecule has 48 valence electrons. The zero-order valence-electron chi connectivity index (χ0n) is 5.39. The van der Waals surface area contributed by atoms with Gasteiger partial charge in [0.05, 0.1) is 12.5 Å². The van der Waals surface area contributed by atoms with E-state index in [1.165, 1.54) is 6.34 Å². The van der Waals surface area contributed by atoms with Crippen molar-refractivity contribution in [2.75, 3.05) is 6.54 Å².